The summed E-state index contributed by atoms with van der Waals surface area (Å²) in [6.07, 6.45) is 4.15. The molecule has 0 unspecified atom stereocenters. The molecule has 128 valence electrons. The minimum atomic E-state index is -0.0647. The highest BCUT2D eigenvalue weighted by Crippen LogP contribution is 2.33. The van der Waals surface area contributed by atoms with Crippen molar-refractivity contribution in [3.8, 4) is 11.4 Å². The Hall–Kier alpha value is -2.24. The number of aromatic nitrogens is 1. The second-order valence-electron chi connectivity index (χ2n) is 5.94. The lowest BCUT2D eigenvalue weighted by Gasteiger charge is -2.24. The molecule has 0 saturated carbocycles. The molecule has 0 bridgehead atoms. The standard InChI is InChI=1S/C20H19BrN2O2/c1-24-19-8-6-18(7-9-19)23-12-13-25-20(23)15-10-11-22(14-15)17-4-2-16(21)3-5-17/h2-11,14,20H,12-13H2,1H3/t20-/m1/s1. The van der Waals surface area contributed by atoms with E-state index in [1.54, 1.807) is 7.11 Å². The third kappa shape index (κ3) is 3.30. The van der Waals surface area contributed by atoms with Gasteiger partial charge in [0.25, 0.3) is 0 Å². The number of rotatable bonds is 4. The lowest BCUT2D eigenvalue weighted by molar-refractivity contribution is 0.114. The van der Waals surface area contributed by atoms with Crippen molar-refractivity contribution in [1.82, 2.24) is 4.57 Å². The number of ether oxygens (including phenoxy) is 2. The fraction of sp³-hybridized carbons (Fsp3) is 0.200. The zero-order chi connectivity index (χ0) is 17.2. The molecule has 4 rings (SSSR count). The van der Waals surface area contributed by atoms with Gasteiger partial charge in [0.15, 0.2) is 6.23 Å². The summed E-state index contributed by atoms with van der Waals surface area (Å²) >= 11 is 3.48. The predicted molar refractivity (Wildman–Crippen MR) is 103 cm³/mol. The van der Waals surface area contributed by atoms with E-state index < -0.39 is 0 Å². The highest BCUT2D eigenvalue weighted by molar-refractivity contribution is 9.10. The van der Waals surface area contributed by atoms with Crippen molar-refractivity contribution in [2.45, 2.75) is 6.23 Å². The van der Waals surface area contributed by atoms with Gasteiger partial charge >= 0.3 is 0 Å². The second kappa shape index (κ2) is 6.94. The Bertz CT molecular complexity index is 843. The van der Waals surface area contributed by atoms with Crippen LogP contribution < -0.4 is 9.64 Å². The highest BCUT2D eigenvalue weighted by Gasteiger charge is 2.28. The molecule has 1 atom stereocenters. The van der Waals surface area contributed by atoms with Crippen LogP contribution in [-0.2, 0) is 4.74 Å². The molecule has 0 amide bonds. The SMILES string of the molecule is COc1ccc(N2CCO[C@@H]2c2ccn(-c3ccc(Br)cc3)c2)cc1. The van der Waals surface area contributed by atoms with E-state index in [9.17, 15) is 0 Å². The number of benzene rings is 2. The van der Waals surface area contributed by atoms with E-state index >= 15 is 0 Å². The van der Waals surface area contributed by atoms with Gasteiger partial charge in [-0.25, -0.2) is 0 Å². The van der Waals surface area contributed by atoms with Crippen LogP contribution in [0.15, 0.2) is 71.5 Å². The first-order valence-corrected chi connectivity index (χ1v) is 9.00. The topological polar surface area (TPSA) is 26.6 Å². The number of hydrogen-bond donors (Lipinski definition) is 0. The first kappa shape index (κ1) is 16.2. The number of hydrogen-bond acceptors (Lipinski definition) is 3. The minimum Gasteiger partial charge on any atom is -0.497 e. The lowest BCUT2D eigenvalue weighted by atomic mass is 10.2. The summed E-state index contributed by atoms with van der Waals surface area (Å²) in [5, 5.41) is 0. The number of anilines is 1. The third-order valence-corrected chi connectivity index (χ3v) is 4.95. The van der Waals surface area contributed by atoms with Crippen LogP contribution in [0.3, 0.4) is 0 Å². The number of halogens is 1. The lowest BCUT2D eigenvalue weighted by Crippen LogP contribution is -2.22. The van der Waals surface area contributed by atoms with E-state index in [0.717, 1.165) is 40.3 Å². The Morgan fingerprint density at radius 1 is 1.00 bits per heavy atom. The van der Waals surface area contributed by atoms with Gasteiger partial charge in [0.05, 0.1) is 13.7 Å². The normalized spacial score (nSPS) is 17.0. The van der Waals surface area contributed by atoms with Crippen molar-refractivity contribution in [3.05, 3.63) is 77.0 Å². The predicted octanol–water partition coefficient (Wildman–Crippen LogP) is 4.78. The summed E-state index contributed by atoms with van der Waals surface area (Å²) in [6.45, 7) is 1.60. The van der Waals surface area contributed by atoms with E-state index in [1.807, 2.05) is 24.3 Å². The molecule has 2 aromatic carbocycles. The van der Waals surface area contributed by atoms with Gasteiger partial charge in [-0.05, 0) is 54.6 Å². The van der Waals surface area contributed by atoms with Crippen molar-refractivity contribution in [2.24, 2.45) is 0 Å². The molecule has 5 heteroatoms. The quantitative estimate of drug-likeness (QED) is 0.632. The molecule has 0 radical (unpaired) electrons. The van der Waals surface area contributed by atoms with Crippen molar-refractivity contribution in [2.75, 3.05) is 25.2 Å². The largest absolute Gasteiger partial charge is 0.497 e. The fourth-order valence-electron chi connectivity index (χ4n) is 3.12. The average molecular weight is 399 g/mol. The number of nitrogens with zero attached hydrogens (tertiary/aromatic N) is 2. The molecule has 0 N–H and O–H groups in total. The van der Waals surface area contributed by atoms with Gasteiger partial charge in [-0.1, -0.05) is 15.9 Å². The van der Waals surface area contributed by atoms with Crippen molar-refractivity contribution in [3.63, 3.8) is 0 Å². The van der Waals surface area contributed by atoms with E-state index in [-0.39, 0.29) is 6.23 Å². The zero-order valence-corrected chi connectivity index (χ0v) is 15.5. The van der Waals surface area contributed by atoms with Gasteiger partial charge in [-0.3, -0.25) is 0 Å². The van der Waals surface area contributed by atoms with Gasteiger partial charge in [-0.15, -0.1) is 0 Å². The average Bonchev–Trinajstić information content (AvgIpc) is 3.31. The molecule has 4 nitrogen and oxygen atoms in total. The van der Waals surface area contributed by atoms with E-state index in [2.05, 4.69) is 68.1 Å². The number of methoxy groups -OCH3 is 1. The molecule has 3 aromatic rings. The Balaban J connectivity index is 1.59. The Morgan fingerprint density at radius 3 is 2.44 bits per heavy atom. The summed E-state index contributed by atoms with van der Waals surface area (Å²) in [4.78, 5) is 2.28. The molecular weight excluding hydrogens is 380 g/mol. The van der Waals surface area contributed by atoms with Crippen LogP contribution in [0.2, 0.25) is 0 Å². The van der Waals surface area contributed by atoms with Gasteiger partial charge < -0.3 is 18.9 Å². The maximum Gasteiger partial charge on any atom is 0.158 e. The van der Waals surface area contributed by atoms with Crippen molar-refractivity contribution in [1.29, 1.82) is 0 Å². The van der Waals surface area contributed by atoms with Crippen LogP contribution in [0.1, 0.15) is 11.8 Å². The Kier molecular flexibility index (Phi) is 4.51. The van der Waals surface area contributed by atoms with Crippen LogP contribution in [-0.4, -0.2) is 24.8 Å². The zero-order valence-electron chi connectivity index (χ0n) is 13.9. The van der Waals surface area contributed by atoms with Gasteiger partial charge in [0.2, 0.25) is 0 Å². The molecule has 1 aliphatic rings. The molecule has 2 heterocycles. The first-order valence-electron chi connectivity index (χ1n) is 8.21. The highest BCUT2D eigenvalue weighted by atomic mass is 79.9. The fourth-order valence-corrected chi connectivity index (χ4v) is 3.38. The summed E-state index contributed by atoms with van der Waals surface area (Å²) in [6, 6.07) is 18.5. The van der Waals surface area contributed by atoms with Crippen LogP contribution in [0.4, 0.5) is 5.69 Å². The molecule has 0 spiro atoms. The molecule has 1 aromatic heterocycles. The minimum absolute atomic E-state index is 0.0647. The van der Waals surface area contributed by atoms with Crippen LogP contribution in [0.5, 0.6) is 5.75 Å². The molecule has 25 heavy (non-hydrogen) atoms. The smallest absolute Gasteiger partial charge is 0.158 e. The third-order valence-electron chi connectivity index (χ3n) is 4.42. The van der Waals surface area contributed by atoms with E-state index in [4.69, 9.17) is 9.47 Å². The van der Waals surface area contributed by atoms with Crippen LogP contribution in [0, 0.1) is 0 Å². The van der Waals surface area contributed by atoms with Gasteiger partial charge in [0, 0.05) is 40.3 Å². The van der Waals surface area contributed by atoms with Crippen molar-refractivity contribution < 1.29 is 9.47 Å². The van der Waals surface area contributed by atoms with E-state index in [0.29, 0.717) is 0 Å². The molecule has 1 fully saturated rings. The summed E-state index contributed by atoms with van der Waals surface area (Å²) in [5.74, 6) is 0.863. The molecule has 1 aliphatic heterocycles. The Morgan fingerprint density at radius 2 is 1.72 bits per heavy atom. The maximum absolute atomic E-state index is 6.00. The summed E-state index contributed by atoms with van der Waals surface area (Å²) < 4.78 is 14.5. The monoisotopic (exact) mass is 398 g/mol. The Labute approximate surface area is 155 Å². The molecule has 0 aliphatic carbocycles. The second-order valence-corrected chi connectivity index (χ2v) is 6.86. The van der Waals surface area contributed by atoms with Crippen LogP contribution >= 0.6 is 15.9 Å². The summed E-state index contributed by atoms with van der Waals surface area (Å²) in [7, 11) is 1.68. The van der Waals surface area contributed by atoms with Crippen molar-refractivity contribution >= 4 is 21.6 Å². The van der Waals surface area contributed by atoms with Gasteiger partial charge in [0.1, 0.15) is 5.75 Å². The van der Waals surface area contributed by atoms with Crippen LogP contribution in [0.25, 0.3) is 5.69 Å². The molecular formula is C20H19BrN2O2. The molecule has 1 saturated heterocycles. The summed E-state index contributed by atoms with van der Waals surface area (Å²) in [5.41, 5.74) is 3.42. The van der Waals surface area contributed by atoms with E-state index in [1.165, 1.54) is 0 Å². The van der Waals surface area contributed by atoms with Gasteiger partial charge in [-0.2, -0.15) is 0 Å². The first-order chi connectivity index (χ1) is 12.2. The maximum atomic E-state index is 6.00.